The van der Waals surface area contributed by atoms with Gasteiger partial charge >= 0.3 is 157 Å². The van der Waals surface area contributed by atoms with Crippen LogP contribution in [0.15, 0.2) is 127 Å². The Morgan fingerprint density at radius 1 is 0.387 bits per heavy atom. The molecule has 50 heteroatoms. The first-order valence-corrected chi connectivity index (χ1v) is 56.9. The Balaban J connectivity index is 0.00000546. The van der Waals surface area contributed by atoms with E-state index in [-0.39, 0.29) is 324 Å². The number of unbranched alkanes of at least 4 members (excludes halogenated alkanes) is 1. The summed E-state index contributed by atoms with van der Waals surface area (Å²) in [7, 11) is -40.9. The maximum Gasteiger partial charge on any atom is 1.00 e. The van der Waals surface area contributed by atoms with Gasteiger partial charge in [0.25, 0.3) is 0 Å². The predicted molar refractivity (Wildman–Crippen MR) is 443 cm³/mol. The monoisotopic (exact) mass is 1930 g/mol. The number of hydrogen-bond donors (Lipinski definition) is 2. The van der Waals surface area contributed by atoms with Crippen molar-refractivity contribution in [1.82, 2.24) is 19.1 Å². The van der Waals surface area contributed by atoms with E-state index in [0.29, 0.717) is 109 Å². The molecule has 6 heterocycles. The fourth-order valence-corrected chi connectivity index (χ4v) is 31.8. The van der Waals surface area contributed by atoms with E-state index in [1.165, 1.54) is 0 Å². The second kappa shape index (κ2) is 48.0. The predicted octanol–water partition coefficient (Wildman–Crippen LogP) is -11.4. The molecule has 1 unspecified atom stereocenters. The van der Waals surface area contributed by atoms with Crippen molar-refractivity contribution in [2.75, 3.05) is 100.0 Å². The largest absolute Gasteiger partial charge is 1.00 e. The zero-order valence-corrected chi connectivity index (χ0v) is 89.5. The summed E-state index contributed by atoms with van der Waals surface area (Å²) in [6.45, 7) is 7.09. The van der Waals surface area contributed by atoms with Gasteiger partial charge in [-0.25, -0.2) is 80.5 Å². The number of benzene rings is 4. The van der Waals surface area contributed by atoms with Gasteiger partial charge < -0.3 is 65.0 Å². The number of rotatable bonds is 50. The van der Waals surface area contributed by atoms with Gasteiger partial charge in [-0.1, -0.05) is 97.1 Å². The Kier molecular flexibility index (Phi) is 43.4. The molecule has 0 spiro atoms. The number of hydrogen-bond acceptors (Lipinski definition) is 30. The molecule has 2 N–H and O–H groups in total. The van der Waals surface area contributed by atoms with Crippen LogP contribution in [0, 0.1) is 5.92 Å². The molecule has 0 saturated carbocycles. The number of nitrogens with zero attached hydrogens (tertiary/aromatic N) is 10. The molecule has 4 aromatic carbocycles. The van der Waals surface area contributed by atoms with E-state index < -0.39 is 139 Å². The van der Waals surface area contributed by atoms with E-state index in [1.54, 1.807) is 0 Å². The van der Waals surface area contributed by atoms with Gasteiger partial charge in [-0.15, -0.1) is 0 Å². The molecule has 10 rings (SSSR count). The van der Waals surface area contributed by atoms with Crippen molar-refractivity contribution in [3.63, 3.8) is 0 Å². The quantitative estimate of drug-likeness (QED) is 0.0155. The number of aliphatic imine (C=N–C) groups is 4. The summed E-state index contributed by atoms with van der Waals surface area (Å²) < 4.78 is 236. The minimum absolute atomic E-state index is 0. The summed E-state index contributed by atoms with van der Waals surface area (Å²) in [5.41, 5.74) is 3.47. The molecule has 4 aliphatic heterocycles. The third kappa shape index (κ3) is 32.8. The van der Waals surface area contributed by atoms with Crippen molar-refractivity contribution >= 4 is 161 Å². The smallest absolute Gasteiger partial charge is 0.748 e. The van der Waals surface area contributed by atoms with Gasteiger partial charge in [-0.2, -0.15) is 0 Å². The standard InChI is InChI=1S/C74H104N12O24S6Si3.5Na/c1-117(2,53-17-37-75-64(87)35-13-14-36-65(88)89)109-119(83-70-60-31-9-10-32-61(60)72(83)81-68-58-29-7-8-30-59(58)69(78-68)82-73-63-34-12-11-33-62(63)71(84(73)119)80-67-57-28-6-5-27-56(57)66(77-67)79-70)110-118(3,4)54-18-38-76-74(90)55(25-15-39-85(41-19-47-111(91,92)93,42-20-48-112(94,95)96)43-21-49-113(97,98)99)26-16-40-86(44-22-50-114(100,101)102,45-23-51-115(103,104)105)46-24-52-116(106,107)108;;;;;/h5-12,27-34,55H,13-26,35-54H2,1-4H3,(H7-2,75,76,87,88,89,90,91,92,93,94,95,96,97,98,99,100,101,102,103,104,105,106,107,108);;;;;/q;5*+1/p-5. The summed E-state index contributed by atoms with van der Waals surface area (Å²) in [6, 6.07) is 31.2. The molecule has 0 radical (unpaired) electrons. The van der Waals surface area contributed by atoms with Crippen molar-refractivity contribution in [2.24, 2.45) is 35.9 Å². The molecule has 1 atom stereocenters. The van der Waals surface area contributed by atoms with Crippen molar-refractivity contribution in [3.8, 4) is 0 Å². The number of quaternary nitrogens is 2. The second-order valence-corrected chi connectivity index (χ2v) is 52.8. The van der Waals surface area contributed by atoms with Crippen LogP contribution in [-0.2, 0) is 83.3 Å². The number of amidine groups is 4. The van der Waals surface area contributed by atoms with Crippen LogP contribution in [0.1, 0.15) is 125 Å². The van der Waals surface area contributed by atoms with Crippen LogP contribution in [0.5, 0.6) is 0 Å². The summed E-state index contributed by atoms with van der Waals surface area (Å²) in [5, 5.41) is 19.8. The van der Waals surface area contributed by atoms with E-state index >= 15 is 4.79 Å². The van der Waals surface area contributed by atoms with Crippen LogP contribution in [-0.4, -0.2) is 262 Å². The molecular formula is C74H99N12Na5O24S6Si3. The molecule has 2 amide bonds. The van der Waals surface area contributed by atoms with E-state index in [1.807, 2.05) is 119 Å². The van der Waals surface area contributed by atoms with Gasteiger partial charge in [-0.05, 0) is 96.1 Å². The third-order valence-electron chi connectivity index (χ3n) is 21.6. The number of carbonyl (C=O) groups is 3. The maximum absolute atomic E-state index is 15.4. The van der Waals surface area contributed by atoms with Gasteiger partial charge in [-0.3, -0.25) is 18.1 Å². The number of carboxylic acid groups (broad SMARTS) is 1. The Morgan fingerprint density at radius 2 is 0.677 bits per heavy atom. The molecule has 6 bridgehead atoms. The first kappa shape index (κ1) is 112. The molecule has 4 aliphatic rings. The number of carboxylic acids is 1. The normalized spacial score (nSPS) is 15.2. The number of fused-ring (bicyclic) bond motifs is 14. The first-order valence-electron chi connectivity index (χ1n) is 39.5. The van der Waals surface area contributed by atoms with Crippen molar-refractivity contribution in [2.45, 2.75) is 141 Å². The van der Waals surface area contributed by atoms with Gasteiger partial charge in [0, 0.05) is 148 Å². The summed E-state index contributed by atoms with van der Waals surface area (Å²) in [4.78, 5) is 72.6. The van der Waals surface area contributed by atoms with Crippen molar-refractivity contribution in [3.05, 3.63) is 130 Å². The van der Waals surface area contributed by atoms with Crippen molar-refractivity contribution < 1.29 is 262 Å². The summed E-state index contributed by atoms with van der Waals surface area (Å²) >= 11 is 0. The maximum atomic E-state index is 15.4. The Labute approximate surface area is 838 Å². The summed E-state index contributed by atoms with van der Waals surface area (Å²) in [6.07, 6.45) is -0.821. The average Bonchev–Trinajstić information content (AvgIpc) is 1.53. The molecule has 124 heavy (non-hydrogen) atoms. The molecule has 0 aliphatic carbocycles. The van der Waals surface area contributed by atoms with E-state index in [0.717, 1.165) is 0 Å². The van der Waals surface area contributed by atoms with Crippen LogP contribution in [0.4, 0.5) is 11.6 Å². The molecule has 6 aromatic rings. The zero-order chi connectivity index (χ0) is 86.6. The van der Waals surface area contributed by atoms with Gasteiger partial charge in [0.15, 0.2) is 40.0 Å². The van der Waals surface area contributed by atoms with Crippen LogP contribution in [0.3, 0.4) is 0 Å². The van der Waals surface area contributed by atoms with E-state index in [9.17, 15) is 92.5 Å². The molecule has 0 fully saturated rings. The summed E-state index contributed by atoms with van der Waals surface area (Å²) in [5.74, 6) is -6.35. The fraction of sp³-hybridized carbons (Fsp3) is 0.527. The number of aromatic nitrogens is 2. The number of amides is 2. The van der Waals surface area contributed by atoms with E-state index in [4.69, 9.17) is 38.2 Å². The topological polar surface area (TPSA) is 544 Å². The SMILES string of the molecule is C[Si](C)(CCCNC(=O)CCCCC(=O)[O-])O[Si]1(O[Si](C)(C)CCCNC(=O)C(CCC[N+](CCCS(=O)(=O)[O-])(CCCS(=O)(=O)[O-])CCCS(=O)(=O)[O-])CCC[N+](CCCS(=O)(=O)[O-])(CCCS(=O)(=O)[O-])CCCS(=O)(=O)[O-])n2c3c4ccccc4c2N=C2N=C(N=c4c5ccccc5c(n41)=NC1=NC(=N3)c3ccccc31)c1ccccc12.[Na+].[Na+].[Na+].[Na+].[Na+]. The number of carbonyl (C=O) groups excluding carboxylic acids is 3. The molecule has 2 aromatic heterocycles. The van der Waals surface area contributed by atoms with Gasteiger partial charge in [0.2, 0.25) is 11.8 Å². The fourth-order valence-electron chi connectivity index (χ4n) is 16.3. The Bertz CT molecular complexity index is 5340. The molecule has 0 saturated heterocycles. The average molecular weight is 1930 g/mol. The number of nitrogens with one attached hydrogen (secondary N) is 2. The molecule has 36 nitrogen and oxygen atoms in total. The Hall–Kier alpha value is -2.40. The van der Waals surface area contributed by atoms with Crippen LogP contribution in [0.2, 0.25) is 38.3 Å². The van der Waals surface area contributed by atoms with Crippen LogP contribution < -0.4 is 175 Å². The van der Waals surface area contributed by atoms with Crippen LogP contribution >= 0.6 is 0 Å². The van der Waals surface area contributed by atoms with Crippen molar-refractivity contribution in [1.29, 1.82) is 0 Å². The minimum Gasteiger partial charge on any atom is -0.748 e. The molecular weight excluding hydrogens is 1830 g/mol. The Morgan fingerprint density at radius 3 is 1.00 bits per heavy atom. The molecule has 652 valence electrons. The van der Waals surface area contributed by atoms with Crippen LogP contribution in [0.25, 0.3) is 21.5 Å². The van der Waals surface area contributed by atoms with Gasteiger partial charge in [0.05, 0.1) is 113 Å². The van der Waals surface area contributed by atoms with Gasteiger partial charge in [0.1, 0.15) is 22.6 Å². The minimum atomic E-state index is -4.92. The zero-order valence-electron chi connectivity index (χ0n) is 71.6. The van der Waals surface area contributed by atoms with E-state index in [2.05, 4.69) is 23.7 Å². The number of aliphatic carboxylic acids is 1. The first-order chi connectivity index (χ1) is 55.7. The second-order valence-electron chi connectivity index (χ2n) is 32.0. The third-order valence-corrected chi connectivity index (χ3v) is 38.0.